The van der Waals surface area contributed by atoms with E-state index in [0.29, 0.717) is 31.9 Å². The average Bonchev–Trinajstić information content (AvgIpc) is 2.86. The summed E-state index contributed by atoms with van der Waals surface area (Å²) in [6.07, 6.45) is 1.63. The molecule has 4 nitrogen and oxygen atoms in total. The van der Waals surface area contributed by atoms with E-state index in [4.69, 9.17) is 9.15 Å². The number of benzene rings is 1. The van der Waals surface area contributed by atoms with Gasteiger partial charge in [-0.05, 0) is 24.3 Å². The molecule has 0 saturated carbocycles. The van der Waals surface area contributed by atoms with Crippen molar-refractivity contribution in [2.45, 2.75) is 0 Å². The minimum absolute atomic E-state index is 0.0661. The van der Waals surface area contributed by atoms with Crippen LogP contribution >= 0.6 is 0 Å². The number of morpholine rings is 1. The molecule has 88 valence electrons. The van der Waals surface area contributed by atoms with Gasteiger partial charge in [0.05, 0.1) is 19.5 Å². The Morgan fingerprint density at radius 2 is 2.00 bits per heavy atom. The van der Waals surface area contributed by atoms with Crippen LogP contribution in [0.3, 0.4) is 0 Å². The van der Waals surface area contributed by atoms with Crippen molar-refractivity contribution >= 4 is 16.9 Å². The second kappa shape index (κ2) is 4.22. The summed E-state index contributed by atoms with van der Waals surface area (Å²) < 4.78 is 10.5. The lowest BCUT2D eigenvalue weighted by atomic mass is 10.1. The van der Waals surface area contributed by atoms with E-state index in [1.165, 1.54) is 0 Å². The molecule has 0 aliphatic carbocycles. The third-order valence-corrected chi connectivity index (χ3v) is 3.00. The molecule has 1 fully saturated rings. The van der Waals surface area contributed by atoms with Gasteiger partial charge in [-0.1, -0.05) is 0 Å². The number of fused-ring (bicyclic) bond motifs is 1. The van der Waals surface area contributed by atoms with Crippen molar-refractivity contribution < 1.29 is 13.9 Å². The molecule has 0 spiro atoms. The fraction of sp³-hybridized carbons (Fsp3) is 0.308. The van der Waals surface area contributed by atoms with Crippen molar-refractivity contribution in [3.05, 3.63) is 36.1 Å². The highest BCUT2D eigenvalue weighted by atomic mass is 16.5. The summed E-state index contributed by atoms with van der Waals surface area (Å²) in [5.74, 6) is 0.0661. The summed E-state index contributed by atoms with van der Waals surface area (Å²) in [5.41, 5.74) is 1.52. The largest absolute Gasteiger partial charge is 0.464 e. The summed E-state index contributed by atoms with van der Waals surface area (Å²) in [7, 11) is 0. The van der Waals surface area contributed by atoms with Crippen LogP contribution in [0.4, 0.5) is 0 Å². The molecule has 0 atom stereocenters. The number of ether oxygens (including phenoxy) is 1. The lowest BCUT2D eigenvalue weighted by Gasteiger charge is -2.26. The Balaban J connectivity index is 1.88. The molecule has 3 rings (SSSR count). The van der Waals surface area contributed by atoms with E-state index in [0.717, 1.165) is 11.0 Å². The third-order valence-electron chi connectivity index (χ3n) is 3.00. The fourth-order valence-electron chi connectivity index (χ4n) is 2.05. The van der Waals surface area contributed by atoms with E-state index in [1.54, 1.807) is 6.26 Å². The third kappa shape index (κ3) is 1.91. The molecule has 4 heteroatoms. The minimum Gasteiger partial charge on any atom is -0.464 e. The molecule has 0 N–H and O–H groups in total. The molecule has 17 heavy (non-hydrogen) atoms. The highest BCUT2D eigenvalue weighted by Crippen LogP contribution is 2.18. The number of carbonyl (C=O) groups excluding carboxylic acids is 1. The Kier molecular flexibility index (Phi) is 2.57. The zero-order valence-electron chi connectivity index (χ0n) is 9.39. The van der Waals surface area contributed by atoms with Gasteiger partial charge in [-0.3, -0.25) is 4.79 Å². The Labute approximate surface area is 98.8 Å². The fourth-order valence-corrected chi connectivity index (χ4v) is 2.05. The number of carbonyl (C=O) groups is 1. The molecule has 2 heterocycles. The summed E-state index contributed by atoms with van der Waals surface area (Å²) in [6, 6.07) is 7.38. The summed E-state index contributed by atoms with van der Waals surface area (Å²) >= 11 is 0. The van der Waals surface area contributed by atoms with Crippen LogP contribution in [0.15, 0.2) is 34.9 Å². The van der Waals surface area contributed by atoms with Crippen molar-refractivity contribution in [3.63, 3.8) is 0 Å². The number of hydrogen-bond acceptors (Lipinski definition) is 3. The number of rotatable bonds is 1. The molecular weight excluding hydrogens is 218 g/mol. The second-order valence-electron chi connectivity index (χ2n) is 4.08. The monoisotopic (exact) mass is 231 g/mol. The average molecular weight is 231 g/mol. The number of furan rings is 1. The van der Waals surface area contributed by atoms with Crippen LogP contribution < -0.4 is 0 Å². The number of nitrogens with zero attached hydrogens (tertiary/aromatic N) is 1. The molecule has 0 radical (unpaired) electrons. The van der Waals surface area contributed by atoms with Gasteiger partial charge in [-0.15, -0.1) is 0 Å². The topological polar surface area (TPSA) is 42.7 Å². The molecule has 1 saturated heterocycles. The first-order valence-corrected chi connectivity index (χ1v) is 5.69. The van der Waals surface area contributed by atoms with E-state index in [1.807, 2.05) is 29.2 Å². The first-order valence-electron chi connectivity index (χ1n) is 5.69. The van der Waals surface area contributed by atoms with Crippen LogP contribution in [0.2, 0.25) is 0 Å². The van der Waals surface area contributed by atoms with Crippen molar-refractivity contribution in [1.29, 1.82) is 0 Å². The summed E-state index contributed by atoms with van der Waals surface area (Å²) in [4.78, 5) is 14.0. The number of hydrogen-bond donors (Lipinski definition) is 0. The zero-order chi connectivity index (χ0) is 11.7. The normalized spacial score (nSPS) is 16.4. The van der Waals surface area contributed by atoms with Crippen molar-refractivity contribution in [1.82, 2.24) is 4.90 Å². The van der Waals surface area contributed by atoms with E-state index < -0.39 is 0 Å². The van der Waals surface area contributed by atoms with Crippen LogP contribution in [0.5, 0.6) is 0 Å². The quantitative estimate of drug-likeness (QED) is 0.752. The maximum Gasteiger partial charge on any atom is 0.254 e. The molecule has 1 aromatic carbocycles. The SMILES string of the molecule is O=C(c1ccc2occc2c1)N1CCOCC1. The predicted octanol–water partition coefficient (Wildman–Crippen LogP) is 1.91. The van der Waals surface area contributed by atoms with Crippen LogP contribution in [0, 0.1) is 0 Å². The van der Waals surface area contributed by atoms with Gasteiger partial charge in [0.2, 0.25) is 0 Å². The van der Waals surface area contributed by atoms with E-state index in [-0.39, 0.29) is 5.91 Å². The van der Waals surface area contributed by atoms with E-state index in [9.17, 15) is 4.79 Å². The Hall–Kier alpha value is -1.81. The summed E-state index contributed by atoms with van der Waals surface area (Å²) in [5, 5.41) is 0.962. The summed E-state index contributed by atoms with van der Waals surface area (Å²) in [6.45, 7) is 2.59. The highest BCUT2D eigenvalue weighted by molar-refractivity contribution is 5.97. The Bertz CT molecular complexity index is 540. The smallest absolute Gasteiger partial charge is 0.254 e. The van der Waals surface area contributed by atoms with Gasteiger partial charge in [0.1, 0.15) is 5.58 Å². The van der Waals surface area contributed by atoms with Gasteiger partial charge in [-0.25, -0.2) is 0 Å². The van der Waals surface area contributed by atoms with Gasteiger partial charge < -0.3 is 14.1 Å². The van der Waals surface area contributed by atoms with Gasteiger partial charge in [0.15, 0.2) is 0 Å². The van der Waals surface area contributed by atoms with Crippen LogP contribution in [0.1, 0.15) is 10.4 Å². The van der Waals surface area contributed by atoms with E-state index >= 15 is 0 Å². The lowest BCUT2D eigenvalue weighted by Crippen LogP contribution is -2.40. The zero-order valence-corrected chi connectivity index (χ0v) is 9.39. The molecule has 1 aliphatic rings. The standard InChI is InChI=1S/C13H13NO3/c15-13(14-4-7-16-8-5-14)11-1-2-12-10(9-11)3-6-17-12/h1-3,6,9H,4-5,7-8H2. The predicted molar refractivity (Wildman–Crippen MR) is 62.9 cm³/mol. The molecule has 0 unspecified atom stereocenters. The Morgan fingerprint density at radius 1 is 1.18 bits per heavy atom. The second-order valence-corrected chi connectivity index (χ2v) is 4.08. The molecule has 1 aliphatic heterocycles. The van der Waals surface area contributed by atoms with Crippen LogP contribution in [0.25, 0.3) is 11.0 Å². The van der Waals surface area contributed by atoms with Crippen molar-refractivity contribution in [3.8, 4) is 0 Å². The molecule has 0 bridgehead atoms. The van der Waals surface area contributed by atoms with Gasteiger partial charge in [0, 0.05) is 24.0 Å². The maximum atomic E-state index is 12.2. The first kappa shape index (κ1) is 10.4. The molecule has 2 aromatic rings. The Morgan fingerprint density at radius 3 is 2.82 bits per heavy atom. The first-order chi connectivity index (χ1) is 8.34. The van der Waals surface area contributed by atoms with Crippen LogP contribution in [-0.2, 0) is 4.74 Å². The minimum atomic E-state index is 0.0661. The lowest BCUT2D eigenvalue weighted by molar-refractivity contribution is 0.0303. The van der Waals surface area contributed by atoms with Crippen molar-refractivity contribution in [2.24, 2.45) is 0 Å². The maximum absolute atomic E-state index is 12.2. The van der Waals surface area contributed by atoms with Gasteiger partial charge in [-0.2, -0.15) is 0 Å². The van der Waals surface area contributed by atoms with Gasteiger partial charge >= 0.3 is 0 Å². The molecule has 1 amide bonds. The van der Waals surface area contributed by atoms with E-state index in [2.05, 4.69) is 0 Å². The number of amides is 1. The molecule has 1 aromatic heterocycles. The van der Waals surface area contributed by atoms with Crippen molar-refractivity contribution in [2.75, 3.05) is 26.3 Å². The molecular formula is C13H13NO3. The van der Waals surface area contributed by atoms with Gasteiger partial charge in [0.25, 0.3) is 5.91 Å². The van der Waals surface area contributed by atoms with Crippen LogP contribution in [-0.4, -0.2) is 37.1 Å². The highest BCUT2D eigenvalue weighted by Gasteiger charge is 2.18.